The van der Waals surface area contributed by atoms with Gasteiger partial charge in [0.2, 0.25) is 5.78 Å². The quantitative estimate of drug-likeness (QED) is 0.552. The van der Waals surface area contributed by atoms with Crippen LogP contribution in [0.4, 0.5) is 0 Å². The number of pyridine rings is 1. The number of benzene rings is 1. The molecule has 1 aromatic carbocycles. The monoisotopic (exact) mass is 432 g/mol. The Morgan fingerprint density at radius 2 is 2.23 bits per heavy atom. The molecule has 0 radical (unpaired) electrons. The molecule has 1 saturated heterocycles. The van der Waals surface area contributed by atoms with Crippen LogP contribution in [0.25, 0.3) is 6.08 Å². The summed E-state index contributed by atoms with van der Waals surface area (Å²) in [5.41, 5.74) is 3.16. The number of carbonyl (C=O) groups is 1. The zero-order valence-electron chi connectivity index (χ0n) is 17.4. The molecule has 0 amide bonds. The Balaban J connectivity index is 1.51. The fraction of sp³-hybridized carbons (Fsp3) is 0.280. The Kier molecular flexibility index (Phi) is 5.34. The van der Waals surface area contributed by atoms with Crippen LogP contribution in [-0.4, -0.2) is 27.3 Å². The number of carbonyl (C=O) groups excluding carboxylic acids is 1. The second-order valence-corrected chi connectivity index (χ2v) is 9.10. The van der Waals surface area contributed by atoms with Crippen LogP contribution in [0.5, 0.6) is 11.5 Å². The van der Waals surface area contributed by atoms with Gasteiger partial charge in [-0.25, -0.2) is 0 Å². The van der Waals surface area contributed by atoms with E-state index in [0.717, 1.165) is 36.2 Å². The zero-order chi connectivity index (χ0) is 21.4. The molecular formula is C25H24N2O3S. The Bertz CT molecular complexity index is 1140. The highest BCUT2D eigenvalue weighted by Gasteiger charge is 2.35. The molecule has 0 aliphatic carbocycles. The first kappa shape index (κ1) is 20.0. The molecule has 1 fully saturated rings. The Morgan fingerprint density at radius 3 is 3.00 bits per heavy atom. The van der Waals surface area contributed by atoms with Gasteiger partial charge in [0.15, 0.2) is 5.76 Å². The van der Waals surface area contributed by atoms with Crippen LogP contribution >= 0.6 is 11.3 Å². The summed E-state index contributed by atoms with van der Waals surface area (Å²) in [5, 5.41) is 12.8. The van der Waals surface area contributed by atoms with Crippen molar-refractivity contribution in [2.24, 2.45) is 0 Å². The lowest BCUT2D eigenvalue weighted by atomic mass is 9.94. The first-order chi connectivity index (χ1) is 15.1. The number of rotatable bonds is 4. The van der Waals surface area contributed by atoms with Crippen LogP contribution in [0.1, 0.15) is 57.2 Å². The fourth-order valence-electron chi connectivity index (χ4n) is 4.57. The predicted octanol–water partition coefficient (Wildman–Crippen LogP) is 5.50. The van der Waals surface area contributed by atoms with Crippen molar-refractivity contribution in [1.29, 1.82) is 0 Å². The van der Waals surface area contributed by atoms with Gasteiger partial charge in [-0.1, -0.05) is 18.6 Å². The van der Waals surface area contributed by atoms with Crippen molar-refractivity contribution in [3.05, 3.63) is 81.0 Å². The lowest BCUT2D eigenvalue weighted by Crippen LogP contribution is -2.33. The van der Waals surface area contributed by atoms with E-state index in [4.69, 9.17) is 4.74 Å². The van der Waals surface area contributed by atoms with Crippen molar-refractivity contribution in [3.8, 4) is 11.5 Å². The van der Waals surface area contributed by atoms with E-state index in [-0.39, 0.29) is 17.6 Å². The highest BCUT2D eigenvalue weighted by Crippen LogP contribution is 2.44. The Labute approximate surface area is 185 Å². The van der Waals surface area contributed by atoms with Crippen molar-refractivity contribution in [1.82, 2.24) is 9.88 Å². The molecule has 3 aromatic rings. The Hall–Kier alpha value is -2.96. The number of likely N-dealkylation sites (tertiary alicyclic amines) is 1. The maximum atomic E-state index is 13.1. The molecule has 31 heavy (non-hydrogen) atoms. The van der Waals surface area contributed by atoms with Crippen LogP contribution in [0, 0.1) is 6.92 Å². The van der Waals surface area contributed by atoms with E-state index in [1.165, 1.54) is 5.56 Å². The third-order valence-corrected chi connectivity index (χ3v) is 6.90. The molecule has 5 nitrogen and oxygen atoms in total. The summed E-state index contributed by atoms with van der Waals surface area (Å²) < 4.78 is 6.09. The number of phenolic OH excluding ortho intramolecular Hbond substituents is 1. The van der Waals surface area contributed by atoms with Gasteiger partial charge >= 0.3 is 0 Å². The molecule has 2 aromatic heterocycles. The summed E-state index contributed by atoms with van der Waals surface area (Å²) in [6, 6.07) is 9.89. The van der Waals surface area contributed by atoms with Crippen molar-refractivity contribution < 1.29 is 14.6 Å². The Morgan fingerprint density at radius 1 is 1.32 bits per heavy atom. The lowest BCUT2D eigenvalue weighted by molar-refractivity contribution is 0.101. The molecule has 2 aliphatic heterocycles. The first-order valence-corrected chi connectivity index (χ1v) is 11.5. The third-order valence-electron chi connectivity index (χ3n) is 6.08. The van der Waals surface area contributed by atoms with Gasteiger partial charge in [-0.2, -0.15) is 0 Å². The molecular weight excluding hydrogens is 408 g/mol. The van der Waals surface area contributed by atoms with Crippen LogP contribution in [-0.2, 0) is 6.54 Å². The SMILES string of the molecule is Cc1cc(O)c(CN2CCCC[C@H]2c2cccnc2)c2c1C(=O)/C(=C/c1cccs1)O2. The van der Waals surface area contributed by atoms with Gasteiger partial charge in [-0.15, -0.1) is 11.3 Å². The van der Waals surface area contributed by atoms with Gasteiger partial charge in [-0.05, 0) is 61.0 Å². The number of aromatic hydroxyl groups is 1. The number of aromatic nitrogens is 1. The summed E-state index contributed by atoms with van der Waals surface area (Å²) >= 11 is 1.56. The number of aryl methyl sites for hydroxylation is 1. The number of ether oxygens (including phenoxy) is 1. The van der Waals surface area contributed by atoms with Crippen LogP contribution in [0.2, 0.25) is 0 Å². The van der Waals surface area contributed by atoms with Gasteiger partial charge in [0.25, 0.3) is 0 Å². The minimum absolute atomic E-state index is 0.121. The van der Waals surface area contributed by atoms with Gasteiger partial charge in [0.05, 0.1) is 11.1 Å². The standard InChI is InChI=1S/C25H24N2O3S/c1-16-12-21(28)19(15-27-10-3-2-8-20(27)17-6-4-9-26-14-17)25-23(16)24(29)22(30-25)13-18-7-5-11-31-18/h4-7,9,11-14,20,28H,2-3,8,10,15H2,1H3/b22-13-/t20-/m0/s1. The molecule has 0 spiro atoms. The largest absolute Gasteiger partial charge is 0.507 e. The van der Waals surface area contributed by atoms with Gasteiger partial charge < -0.3 is 9.84 Å². The van der Waals surface area contributed by atoms with E-state index >= 15 is 0 Å². The van der Waals surface area contributed by atoms with E-state index in [1.54, 1.807) is 29.7 Å². The number of hydrogen-bond donors (Lipinski definition) is 1. The molecule has 1 N–H and O–H groups in total. The maximum Gasteiger partial charge on any atom is 0.232 e. The molecule has 2 aliphatic rings. The molecule has 1 atom stereocenters. The number of hydrogen-bond acceptors (Lipinski definition) is 6. The van der Waals surface area contributed by atoms with Crippen molar-refractivity contribution >= 4 is 23.2 Å². The summed E-state index contributed by atoms with van der Waals surface area (Å²) in [5.74, 6) is 0.872. The van der Waals surface area contributed by atoms with Gasteiger partial charge in [-0.3, -0.25) is 14.7 Å². The topological polar surface area (TPSA) is 62.7 Å². The average Bonchev–Trinajstić information content (AvgIpc) is 3.41. The summed E-state index contributed by atoms with van der Waals surface area (Å²) in [4.78, 5) is 20.7. The number of nitrogens with zero attached hydrogens (tertiary/aromatic N) is 2. The van der Waals surface area contributed by atoms with Crippen molar-refractivity contribution in [2.75, 3.05) is 6.54 Å². The molecule has 158 valence electrons. The highest BCUT2D eigenvalue weighted by molar-refractivity contribution is 7.10. The second kappa shape index (κ2) is 8.29. The van der Waals surface area contributed by atoms with Crippen LogP contribution in [0.15, 0.2) is 53.9 Å². The van der Waals surface area contributed by atoms with E-state index in [1.807, 2.05) is 36.7 Å². The first-order valence-electron chi connectivity index (χ1n) is 10.6. The van der Waals surface area contributed by atoms with Crippen LogP contribution in [0.3, 0.4) is 0 Å². The third kappa shape index (κ3) is 3.77. The number of Topliss-reactive ketones (excluding diaryl/α,β-unsaturated/α-hetero) is 1. The van der Waals surface area contributed by atoms with E-state index < -0.39 is 0 Å². The van der Waals surface area contributed by atoms with E-state index in [2.05, 4.69) is 16.0 Å². The summed E-state index contributed by atoms with van der Waals surface area (Å²) in [7, 11) is 0. The second-order valence-electron chi connectivity index (χ2n) is 8.12. The minimum atomic E-state index is -0.121. The number of fused-ring (bicyclic) bond motifs is 1. The number of ketones is 1. The number of phenols is 1. The van der Waals surface area contributed by atoms with E-state index in [9.17, 15) is 9.90 Å². The molecule has 0 bridgehead atoms. The molecule has 6 heteroatoms. The fourth-order valence-corrected chi connectivity index (χ4v) is 5.22. The van der Waals surface area contributed by atoms with Crippen LogP contribution < -0.4 is 4.74 Å². The molecule has 4 heterocycles. The number of allylic oxidation sites excluding steroid dienone is 1. The lowest BCUT2D eigenvalue weighted by Gasteiger charge is -2.36. The maximum absolute atomic E-state index is 13.1. The van der Waals surface area contributed by atoms with Gasteiger partial charge in [0, 0.05) is 35.9 Å². The highest BCUT2D eigenvalue weighted by atomic mass is 32.1. The summed E-state index contributed by atoms with van der Waals surface area (Å²) in [6.45, 7) is 3.29. The zero-order valence-corrected chi connectivity index (χ0v) is 18.2. The minimum Gasteiger partial charge on any atom is -0.507 e. The van der Waals surface area contributed by atoms with Crippen molar-refractivity contribution in [2.45, 2.75) is 38.8 Å². The van der Waals surface area contributed by atoms with Gasteiger partial charge in [0.1, 0.15) is 11.5 Å². The molecule has 0 unspecified atom stereocenters. The smallest absolute Gasteiger partial charge is 0.232 e. The summed E-state index contributed by atoms with van der Waals surface area (Å²) in [6.07, 6.45) is 8.81. The predicted molar refractivity (Wildman–Crippen MR) is 121 cm³/mol. The molecule has 0 saturated carbocycles. The van der Waals surface area contributed by atoms with E-state index in [0.29, 0.717) is 29.2 Å². The number of thiophene rings is 1. The molecule has 5 rings (SSSR count). The van der Waals surface area contributed by atoms with Crippen molar-refractivity contribution in [3.63, 3.8) is 0 Å². The number of piperidine rings is 1. The average molecular weight is 433 g/mol. The normalized spacial score (nSPS) is 20.1.